The Morgan fingerprint density at radius 1 is 0.976 bits per heavy atom. The van der Waals surface area contributed by atoms with E-state index >= 15 is 0 Å². The summed E-state index contributed by atoms with van der Waals surface area (Å²) >= 11 is 0. The zero-order chi connectivity index (χ0) is 29.6. The van der Waals surface area contributed by atoms with Gasteiger partial charge in [0, 0.05) is 24.3 Å². The third kappa shape index (κ3) is 6.46. The predicted molar refractivity (Wildman–Crippen MR) is 151 cm³/mol. The van der Waals surface area contributed by atoms with Gasteiger partial charge in [-0.3, -0.25) is 14.4 Å². The Bertz CT molecular complexity index is 1620. The summed E-state index contributed by atoms with van der Waals surface area (Å²) in [6.07, 6.45) is 2.70. The van der Waals surface area contributed by atoms with E-state index in [2.05, 4.69) is 10.4 Å². The Morgan fingerprint density at radius 3 is 2.31 bits per heavy atom. The van der Waals surface area contributed by atoms with Crippen LogP contribution < -0.4 is 15.6 Å². The summed E-state index contributed by atoms with van der Waals surface area (Å²) in [5.74, 6) is -1.40. The van der Waals surface area contributed by atoms with E-state index in [1.54, 1.807) is 36.1 Å². The molecule has 1 fully saturated rings. The maximum absolute atomic E-state index is 13.5. The Kier molecular flexibility index (Phi) is 8.56. The van der Waals surface area contributed by atoms with Crippen molar-refractivity contribution in [2.24, 2.45) is 5.92 Å². The number of aromatic nitrogens is 2. The van der Waals surface area contributed by atoms with E-state index < -0.39 is 17.2 Å². The SMILES string of the molecule is CCOC(=O)C1CCCN(C(=O)c2ccc(Nc3c(Oc4ccc(F)cc4)cnn(-c4ccc(F)cc4)c3=O)cc2)C1. The van der Waals surface area contributed by atoms with Crippen molar-refractivity contribution in [3.8, 4) is 17.2 Å². The van der Waals surface area contributed by atoms with Crippen molar-refractivity contribution in [2.45, 2.75) is 19.8 Å². The molecule has 1 unspecified atom stereocenters. The summed E-state index contributed by atoms with van der Waals surface area (Å²) in [6, 6.07) is 17.1. The molecule has 1 aromatic heterocycles. The molecule has 0 aliphatic carbocycles. The molecule has 0 radical (unpaired) electrons. The molecule has 42 heavy (non-hydrogen) atoms. The zero-order valence-corrected chi connectivity index (χ0v) is 22.8. The smallest absolute Gasteiger partial charge is 0.310 e. The number of anilines is 2. The molecule has 0 spiro atoms. The van der Waals surface area contributed by atoms with Crippen LogP contribution in [0.2, 0.25) is 0 Å². The van der Waals surface area contributed by atoms with Crippen molar-refractivity contribution in [3.05, 3.63) is 107 Å². The molecule has 216 valence electrons. The molecule has 9 nitrogen and oxygen atoms in total. The number of likely N-dealkylation sites (tertiary alicyclic amines) is 1. The van der Waals surface area contributed by atoms with Crippen LogP contribution in [0.25, 0.3) is 5.69 Å². The first kappa shape index (κ1) is 28.5. The van der Waals surface area contributed by atoms with Gasteiger partial charge in [-0.25, -0.2) is 8.78 Å². The lowest BCUT2D eigenvalue weighted by Crippen LogP contribution is -2.42. The highest BCUT2D eigenvalue weighted by atomic mass is 19.1. The van der Waals surface area contributed by atoms with Crippen LogP contribution in [0.15, 0.2) is 83.8 Å². The number of amides is 1. The fraction of sp³-hybridized carbons (Fsp3) is 0.226. The zero-order valence-electron chi connectivity index (χ0n) is 22.8. The molecule has 11 heteroatoms. The van der Waals surface area contributed by atoms with E-state index in [1.165, 1.54) is 54.7 Å². The number of rotatable bonds is 8. The molecular formula is C31H28F2N4O5. The first-order chi connectivity index (χ1) is 20.3. The molecule has 0 bridgehead atoms. The standard InChI is InChI=1S/C31H28F2N4O5/c1-2-41-31(40)21-4-3-17-36(19-21)29(38)20-5-11-24(12-6-20)35-28-27(42-26-15-9-23(33)10-16-26)18-34-37(30(28)39)25-13-7-22(32)8-14-25/h5-16,18,21,35H,2-4,17,19H2,1H3. The van der Waals surface area contributed by atoms with Crippen LogP contribution in [-0.2, 0) is 9.53 Å². The minimum atomic E-state index is -0.584. The van der Waals surface area contributed by atoms with Crippen LogP contribution in [-0.4, -0.2) is 46.3 Å². The van der Waals surface area contributed by atoms with Crippen LogP contribution in [0.3, 0.4) is 0 Å². The lowest BCUT2D eigenvalue weighted by Gasteiger charge is -2.31. The van der Waals surface area contributed by atoms with Gasteiger partial charge in [-0.1, -0.05) is 0 Å². The fourth-order valence-electron chi connectivity index (χ4n) is 4.66. The van der Waals surface area contributed by atoms with Crippen molar-refractivity contribution in [2.75, 3.05) is 25.0 Å². The van der Waals surface area contributed by atoms with E-state index in [-0.39, 0.29) is 35.0 Å². The summed E-state index contributed by atoms with van der Waals surface area (Å²) < 4.78 is 39.0. The number of esters is 1. The summed E-state index contributed by atoms with van der Waals surface area (Å²) in [5.41, 5.74) is 0.672. The first-order valence-corrected chi connectivity index (χ1v) is 13.5. The Balaban J connectivity index is 1.40. The molecule has 1 saturated heterocycles. The molecule has 1 amide bonds. The Labute approximate surface area is 240 Å². The molecule has 1 aliphatic rings. The normalized spacial score (nSPS) is 14.7. The van der Waals surface area contributed by atoms with Gasteiger partial charge < -0.3 is 19.7 Å². The molecule has 3 aromatic carbocycles. The van der Waals surface area contributed by atoms with Gasteiger partial charge >= 0.3 is 5.97 Å². The van der Waals surface area contributed by atoms with Crippen LogP contribution in [0, 0.1) is 17.6 Å². The van der Waals surface area contributed by atoms with E-state index in [1.807, 2.05) is 0 Å². The molecule has 2 heterocycles. The molecule has 1 aliphatic heterocycles. The van der Waals surface area contributed by atoms with Gasteiger partial charge in [0.1, 0.15) is 17.4 Å². The van der Waals surface area contributed by atoms with Crippen LogP contribution in [0.5, 0.6) is 11.5 Å². The monoisotopic (exact) mass is 574 g/mol. The van der Waals surface area contributed by atoms with Gasteiger partial charge in [-0.15, -0.1) is 0 Å². The van der Waals surface area contributed by atoms with Crippen molar-refractivity contribution in [1.82, 2.24) is 14.7 Å². The van der Waals surface area contributed by atoms with Gasteiger partial charge in [0.2, 0.25) is 0 Å². The quantitative estimate of drug-likeness (QED) is 0.279. The van der Waals surface area contributed by atoms with Crippen LogP contribution in [0.1, 0.15) is 30.1 Å². The molecule has 0 saturated carbocycles. The summed E-state index contributed by atoms with van der Waals surface area (Å²) in [6.45, 7) is 2.88. The minimum Gasteiger partial charge on any atom is -0.466 e. The Morgan fingerprint density at radius 2 is 1.64 bits per heavy atom. The fourth-order valence-corrected chi connectivity index (χ4v) is 4.66. The molecule has 1 N–H and O–H groups in total. The van der Waals surface area contributed by atoms with Crippen LogP contribution >= 0.6 is 0 Å². The molecular weight excluding hydrogens is 546 g/mol. The topological polar surface area (TPSA) is 103 Å². The van der Waals surface area contributed by atoms with Gasteiger partial charge in [-0.2, -0.15) is 9.78 Å². The van der Waals surface area contributed by atoms with Gasteiger partial charge in [0.05, 0.1) is 24.4 Å². The number of carbonyl (C=O) groups excluding carboxylic acids is 2. The largest absolute Gasteiger partial charge is 0.466 e. The van der Waals surface area contributed by atoms with Crippen molar-refractivity contribution >= 4 is 23.3 Å². The summed E-state index contributed by atoms with van der Waals surface area (Å²) in [7, 11) is 0. The highest BCUT2D eigenvalue weighted by Crippen LogP contribution is 2.29. The van der Waals surface area contributed by atoms with E-state index in [9.17, 15) is 23.2 Å². The Hall–Kier alpha value is -5.06. The van der Waals surface area contributed by atoms with E-state index in [0.717, 1.165) is 4.68 Å². The van der Waals surface area contributed by atoms with E-state index in [0.29, 0.717) is 49.5 Å². The van der Waals surface area contributed by atoms with Crippen LogP contribution in [0.4, 0.5) is 20.2 Å². The predicted octanol–water partition coefficient (Wildman–Crippen LogP) is 5.46. The highest BCUT2D eigenvalue weighted by Gasteiger charge is 2.29. The molecule has 4 aromatic rings. The molecule has 1 atom stereocenters. The third-order valence-electron chi connectivity index (χ3n) is 6.79. The number of benzene rings is 3. The minimum absolute atomic E-state index is 0.0195. The third-order valence-corrected chi connectivity index (χ3v) is 6.79. The first-order valence-electron chi connectivity index (χ1n) is 13.5. The maximum atomic E-state index is 13.5. The molecule has 5 rings (SSSR count). The van der Waals surface area contributed by atoms with Crippen molar-refractivity contribution < 1.29 is 27.8 Å². The van der Waals surface area contributed by atoms with Gasteiger partial charge in [0.15, 0.2) is 11.4 Å². The number of carbonyl (C=O) groups is 2. The number of piperidine rings is 1. The number of nitrogens with one attached hydrogen (secondary N) is 1. The number of halogens is 2. The second-order valence-electron chi connectivity index (χ2n) is 9.68. The summed E-state index contributed by atoms with van der Waals surface area (Å²) in [5, 5.41) is 7.22. The van der Waals surface area contributed by atoms with Gasteiger partial charge in [0.25, 0.3) is 11.5 Å². The highest BCUT2D eigenvalue weighted by molar-refractivity contribution is 5.95. The number of hydrogen-bond acceptors (Lipinski definition) is 7. The lowest BCUT2D eigenvalue weighted by atomic mass is 9.97. The second-order valence-corrected chi connectivity index (χ2v) is 9.68. The maximum Gasteiger partial charge on any atom is 0.310 e. The van der Waals surface area contributed by atoms with Crippen molar-refractivity contribution in [1.29, 1.82) is 0 Å². The van der Waals surface area contributed by atoms with E-state index in [4.69, 9.17) is 9.47 Å². The van der Waals surface area contributed by atoms with Gasteiger partial charge in [-0.05, 0) is 92.6 Å². The number of nitrogens with zero attached hydrogens (tertiary/aromatic N) is 3. The number of ether oxygens (including phenoxy) is 2. The average Bonchev–Trinajstić information content (AvgIpc) is 3.01. The lowest BCUT2D eigenvalue weighted by molar-refractivity contribution is -0.149. The van der Waals surface area contributed by atoms with Crippen molar-refractivity contribution in [3.63, 3.8) is 0 Å². The number of hydrogen-bond donors (Lipinski definition) is 1. The average molecular weight is 575 g/mol. The second kappa shape index (κ2) is 12.6. The summed E-state index contributed by atoms with van der Waals surface area (Å²) in [4.78, 5) is 40.6.